The number of rotatable bonds is 8. The van der Waals surface area contributed by atoms with Gasteiger partial charge in [0.2, 0.25) is 5.95 Å². The van der Waals surface area contributed by atoms with E-state index in [4.69, 9.17) is 15.2 Å². The molecule has 182 valence electrons. The molecule has 0 saturated heterocycles. The largest absolute Gasteiger partial charge is 0.491 e. The van der Waals surface area contributed by atoms with Gasteiger partial charge in [-0.15, -0.1) is 0 Å². The Kier molecular flexibility index (Phi) is 7.05. The summed E-state index contributed by atoms with van der Waals surface area (Å²) in [4.78, 5) is 23.9. The van der Waals surface area contributed by atoms with Crippen molar-refractivity contribution >= 4 is 34.4 Å². The number of H-pyrrole nitrogens is 1. The molecule has 0 radical (unpaired) electrons. The maximum absolute atomic E-state index is 12.5. The SMILES string of the molecule is CC(C)(C)OC(=O)N[C@H](COc1cccc(Nc2ccnc(N)n2)c1)Cc1c[nH]c2ccccc12. The van der Waals surface area contributed by atoms with E-state index in [9.17, 15) is 4.79 Å². The second-order valence-electron chi connectivity index (χ2n) is 9.17. The monoisotopic (exact) mass is 474 g/mol. The molecule has 1 amide bonds. The molecule has 0 saturated carbocycles. The van der Waals surface area contributed by atoms with Gasteiger partial charge in [0, 0.05) is 35.1 Å². The average molecular weight is 475 g/mol. The van der Waals surface area contributed by atoms with Crippen molar-refractivity contribution in [3.8, 4) is 5.75 Å². The van der Waals surface area contributed by atoms with Crippen LogP contribution in [0.25, 0.3) is 10.9 Å². The molecule has 0 fully saturated rings. The van der Waals surface area contributed by atoms with Crippen molar-refractivity contribution in [1.82, 2.24) is 20.3 Å². The summed E-state index contributed by atoms with van der Waals surface area (Å²) in [5.41, 5.74) is 7.98. The Labute approximate surface area is 204 Å². The number of para-hydroxylation sites is 1. The van der Waals surface area contributed by atoms with E-state index >= 15 is 0 Å². The molecule has 4 rings (SSSR count). The van der Waals surface area contributed by atoms with E-state index in [-0.39, 0.29) is 18.6 Å². The van der Waals surface area contributed by atoms with Crippen LogP contribution in [0.4, 0.5) is 22.2 Å². The van der Waals surface area contributed by atoms with Crippen molar-refractivity contribution in [3.05, 3.63) is 72.6 Å². The lowest BCUT2D eigenvalue weighted by atomic mass is 10.1. The molecule has 0 bridgehead atoms. The number of ether oxygens (including phenoxy) is 2. The maximum atomic E-state index is 12.5. The summed E-state index contributed by atoms with van der Waals surface area (Å²) in [6, 6.07) is 17.0. The third-order valence-electron chi connectivity index (χ3n) is 5.09. The molecule has 0 aliphatic rings. The number of nitrogens with zero attached hydrogens (tertiary/aromatic N) is 2. The summed E-state index contributed by atoms with van der Waals surface area (Å²) in [5, 5.41) is 7.25. The molecule has 0 unspecified atom stereocenters. The molecule has 0 aliphatic heterocycles. The molecule has 9 nitrogen and oxygen atoms in total. The quantitative estimate of drug-likeness (QED) is 0.289. The van der Waals surface area contributed by atoms with Gasteiger partial charge >= 0.3 is 6.09 Å². The highest BCUT2D eigenvalue weighted by molar-refractivity contribution is 5.83. The zero-order valence-corrected chi connectivity index (χ0v) is 20.0. The lowest BCUT2D eigenvalue weighted by Crippen LogP contribution is -2.43. The van der Waals surface area contributed by atoms with Crippen molar-refractivity contribution in [2.45, 2.75) is 38.8 Å². The summed E-state index contributed by atoms with van der Waals surface area (Å²) in [5.74, 6) is 1.42. The maximum Gasteiger partial charge on any atom is 0.408 e. The zero-order chi connectivity index (χ0) is 24.8. The van der Waals surface area contributed by atoms with Crippen molar-refractivity contribution in [3.63, 3.8) is 0 Å². The van der Waals surface area contributed by atoms with Gasteiger partial charge in [-0.3, -0.25) is 0 Å². The van der Waals surface area contributed by atoms with Crippen LogP contribution in [0.1, 0.15) is 26.3 Å². The molecule has 35 heavy (non-hydrogen) atoms. The second-order valence-corrected chi connectivity index (χ2v) is 9.17. The van der Waals surface area contributed by atoms with Crippen LogP contribution in [0, 0.1) is 0 Å². The van der Waals surface area contributed by atoms with Crippen molar-refractivity contribution in [2.75, 3.05) is 17.7 Å². The number of alkyl carbamates (subject to hydrolysis) is 1. The third kappa shape index (κ3) is 6.86. The number of aromatic nitrogens is 3. The molecule has 4 aromatic rings. The first-order chi connectivity index (χ1) is 16.7. The summed E-state index contributed by atoms with van der Waals surface area (Å²) in [6.07, 6.45) is 3.64. The lowest BCUT2D eigenvalue weighted by molar-refractivity contribution is 0.0488. The molecule has 1 atom stereocenters. The molecular weight excluding hydrogens is 444 g/mol. The fraction of sp³-hybridized carbons (Fsp3) is 0.269. The standard InChI is InChI=1S/C26H30N6O3/c1-26(2,3)35-25(33)31-19(13-17-15-29-22-10-5-4-9-21(17)22)16-34-20-8-6-7-18(14-20)30-23-11-12-28-24(27)32-23/h4-12,14-15,19,29H,13,16H2,1-3H3,(H,31,33)(H3,27,28,30,32)/t19-/m0/s1. The van der Waals surface area contributed by atoms with Crippen LogP contribution in [0.5, 0.6) is 5.75 Å². The van der Waals surface area contributed by atoms with E-state index < -0.39 is 11.7 Å². The van der Waals surface area contributed by atoms with Gasteiger partial charge in [0.05, 0.1) is 6.04 Å². The third-order valence-corrected chi connectivity index (χ3v) is 5.09. The Bertz CT molecular complexity index is 1300. The minimum absolute atomic E-state index is 0.191. The molecule has 2 heterocycles. The molecule has 5 N–H and O–H groups in total. The van der Waals surface area contributed by atoms with E-state index in [0.717, 1.165) is 22.2 Å². The number of carbonyl (C=O) groups is 1. The number of hydrogen-bond acceptors (Lipinski definition) is 7. The Hall–Kier alpha value is -4.27. The number of carbonyl (C=O) groups excluding carboxylic acids is 1. The fourth-order valence-corrected chi connectivity index (χ4v) is 3.64. The fourth-order valence-electron chi connectivity index (χ4n) is 3.64. The highest BCUT2D eigenvalue weighted by atomic mass is 16.6. The van der Waals surface area contributed by atoms with Gasteiger partial charge in [0.25, 0.3) is 0 Å². The average Bonchev–Trinajstić information content (AvgIpc) is 3.19. The predicted molar refractivity (Wildman–Crippen MR) is 137 cm³/mol. The number of amides is 1. The van der Waals surface area contributed by atoms with Gasteiger partial charge in [-0.2, -0.15) is 4.98 Å². The van der Waals surface area contributed by atoms with Gasteiger partial charge in [-0.25, -0.2) is 9.78 Å². The summed E-state index contributed by atoms with van der Waals surface area (Å²) < 4.78 is 11.6. The topological polar surface area (TPSA) is 127 Å². The van der Waals surface area contributed by atoms with Crippen molar-refractivity contribution in [1.29, 1.82) is 0 Å². The number of benzene rings is 2. The van der Waals surface area contributed by atoms with Crippen LogP contribution < -0.4 is 21.1 Å². The van der Waals surface area contributed by atoms with Crippen LogP contribution in [0.2, 0.25) is 0 Å². The zero-order valence-electron chi connectivity index (χ0n) is 20.0. The number of aromatic amines is 1. The molecule has 0 spiro atoms. The van der Waals surface area contributed by atoms with Gasteiger partial charge in [0.15, 0.2) is 0 Å². The van der Waals surface area contributed by atoms with Crippen LogP contribution in [-0.4, -0.2) is 39.3 Å². The lowest BCUT2D eigenvalue weighted by Gasteiger charge is -2.24. The minimum Gasteiger partial charge on any atom is -0.491 e. The van der Waals surface area contributed by atoms with E-state index in [1.807, 2.05) is 69.4 Å². The van der Waals surface area contributed by atoms with Crippen LogP contribution in [-0.2, 0) is 11.2 Å². The van der Waals surface area contributed by atoms with Gasteiger partial charge in [-0.1, -0.05) is 24.3 Å². The van der Waals surface area contributed by atoms with E-state index in [1.165, 1.54) is 0 Å². The van der Waals surface area contributed by atoms with E-state index in [2.05, 4.69) is 31.7 Å². The van der Waals surface area contributed by atoms with Crippen LogP contribution in [0.15, 0.2) is 67.0 Å². The van der Waals surface area contributed by atoms with E-state index in [0.29, 0.717) is 18.0 Å². The number of nitrogens with one attached hydrogen (secondary N) is 3. The minimum atomic E-state index is -0.597. The number of hydrogen-bond donors (Lipinski definition) is 4. The number of nitrogens with two attached hydrogens (primary N) is 1. The number of fused-ring (bicyclic) bond motifs is 1. The Morgan fingerprint density at radius 2 is 1.97 bits per heavy atom. The van der Waals surface area contributed by atoms with Crippen LogP contribution in [0.3, 0.4) is 0 Å². The van der Waals surface area contributed by atoms with Crippen molar-refractivity contribution in [2.24, 2.45) is 0 Å². The summed E-state index contributed by atoms with van der Waals surface area (Å²) in [7, 11) is 0. The predicted octanol–water partition coefficient (Wildman–Crippen LogP) is 4.80. The Balaban J connectivity index is 1.47. The van der Waals surface area contributed by atoms with Crippen molar-refractivity contribution < 1.29 is 14.3 Å². The molecule has 9 heteroatoms. The first-order valence-electron chi connectivity index (χ1n) is 11.4. The molecule has 2 aromatic carbocycles. The molecular formula is C26H30N6O3. The normalized spacial score (nSPS) is 12.2. The van der Waals surface area contributed by atoms with Crippen LogP contribution >= 0.6 is 0 Å². The Morgan fingerprint density at radius 3 is 2.77 bits per heavy atom. The number of anilines is 3. The van der Waals surface area contributed by atoms with E-state index in [1.54, 1.807) is 12.3 Å². The van der Waals surface area contributed by atoms with Gasteiger partial charge in [-0.05, 0) is 57.0 Å². The smallest absolute Gasteiger partial charge is 0.408 e. The van der Waals surface area contributed by atoms with Gasteiger partial charge < -0.3 is 30.8 Å². The summed E-state index contributed by atoms with van der Waals surface area (Å²) >= 11 is 0. The summed E-state index contributed by atoms with van der Waals surface area (Å²) in [6.45, 7) is 5.76. The highest BCUT2D eigenvalue weighted by Gasteiger charge is 2.21. The molecule has 0 aliphatic carbocycles. The first kappa shape index (κ1) is 23.9. The number of nitrogen functional groups attached to an aromatic ring is 1. The van der Waals surface area contributed by atoms with Gasteiger partial charge in [0.1, 0.15) is 23.8 Å². The highest BCUT2D eigenvalue weighted by Crippen LogP contribution is 2.22. The Morgan fingerprint density at radius 1 is 1.14 bits per heavy atom. The first-order valence-corrected chi connectivity index (χ1v) is 11.4. The second kappa shape index (κ2) is 10.3. The molecule has 2 aromatic heterocycles.